The van der Waals surface area contributed by atoms with E-state index in [2.05, 4.69) is 10.6 Å². The fraction of sp³-hybridized carbons (Fsp3) is 0.333. The van der Waals surface area contributed by atoms with Crippen molar-refractivity contribution in [3.05, 3.63) is 29.8 Å². The number of carboxylic acids is 1. The molecule has 1 aromatic carbocycles. The molecule has 1 aromatic rings. The lowest BCUT2D eigenvalue weighted by atomic mass is 9.94. The standard InChI is InChI=1S/C12H14F2N2O3/c1-12(2,10(17)18)6-15-11(19)16-9-5-7(13)3-4-8(9)14/h3-5H,6H2,1-2H3,(H,17,18)(H2,15,16,19). The van der Waals surface area contributed by atoms with Gasteiger partial charge in [0.2, 0.25) is 0 Å². The van der Waals surface area contributed by atoms with Crippen LogP contribution in [-0.2, 0) is 4.79 Å². The minimum Gasteiger partial charge on any atom is -0.481 e. The second-order valence-electron chi connectivity index (χ2n) is 4.62. The van der Waals surface area contributed by atoms with Gasteiger partial charge in [-0.3, -0.25) is 4.79 Å². The van der Waals surface area contributed by atoms with Gasteiger partial charge in [0.05, 0.1) is 11.1 Å². The summed E-state index contributed by atoms with van der Waals surface area (Å²) in [4.78, 5) is 22.3. The van der Waals surface area contributed by atoms with Gasteiger partial charge in [-0.25, -0.2) is 13.6 Å². The highest BCUT2D eigenvalue weighted by molar-refractivity contribution is 5.89. The number of carboxylic acid groups (broad SMARTS) is 1. The Labute approximate surface area is 108 Å². The Kier molecular flexibility index (Phi) is 4.42. The van der Waals surface area contributed by atoms with E-state index in [1.165, 1.54) is 13.8 Å². The third-order valence-corrected chi connectivity index (χ3v) is 2.45. The number of hydrogen-bond acceptors (Lipinski definition) is 2. The summed E-state index contributed by atoms with van der Waals surface area (Å²) in [5.41, 5.74) is -1.47. The summed E-state index contributed by atoms with van der Waals surface area (Å²) in [5, 5.41) is 13.2. The van der Waals surface area contributed by atoms with E-state index in [4.69, 9.17) is 5.11 Å². The summed E-state index contributed by atoms with van der Waals surface area (Å²) >= 11 is 0. The Morgan fingerprint density at radius 2 is 1.95 bits per heavy atom. The molecule has 104 valence electrons. The zero-order valence-electron chi connectivity index (χ0n) is 10.5. The van der Waals surface area contributed by atoms with Crippen LogP contribution >= 0.6 is 0 Å². The molecule has 19 heavy (non-hydrogen) atoms. The molecule has 2 amide bonds. The molecule has 0 aliphatic rings. The van der Waals surface area contributed by atoms with Crippen molar-refractivity contribution < 1.29 is 23.5 Å². The van der Waals surface area contributed by atoms with Crippen LogP contribution in [-0.4, -0.2) is 23.7 Å². The van der Waals surface area contributed by atoms with Gasteiger partial charge in [0, 0.05) is 12.6 Å². The van der Waals surface area contributed by atoms with Gasteiger partial charge < -0.3 is 15.7 Å². The van der Waals surface area contributed by atoms with Crippen LogP contribution in [0.1, 0.15) is 13.8 Å². The Balaban J connectivity index is 2.61. The summed E-state index contributed by atoms with van der Waals surface area (Å²) in [6.07, 6.45) is 0. The molecule has 0 fully saturated rings. The molecule has 0 spiro atoms. The average Bonchev–Trinajstić information content (AvgIpc) is 2.31. The van der Waals surface area contributed by atoms with E-state index in [1.807, 2.05) is 0 Å². The molecule has 1 rings (SSSR count). The molecule has 0 unspecified atom stereocenters. The Morgan fingerprint density at radius 1 is 1.32 bits per heavy atom. The van der Waals surface area contributed by atoms with Gasteiger partial charge in [-0.2, -0.15) is 0 Å². The summed E-state index contributed by atoms with van der Waals surface area (Å²) in [5.74, 6) is -2.55. The highest BCUT2D eigenvalue weighted by Gasteiger charge is 2.27. The van der Waals surface area contributed by atoms with Crippen LogP contribution in [0.2, 0.25) is 0 Å². The fourth-order valence-electron chi connectivity index (χ4n) is 1.14. The first-order chi connectivity index (χ1) is 8.72. The SMILES string of the molecule is CC(C)(CNC(=O)Nc1cc(F)ccc1F)C(=O)O. The maximum atomic E-state index is 13.2. The number of nitrogens with one attached hydrogen (secondary N) is 2. The molecule has 0 atom stereocenters. The lowest BCUT2D eigenvalue weighted by molar-refractivity contribution is -0.146. The zero-order chi connectivity index (χ0) is 14.6. The Bertz CT molecular complexity index is 504. The van der Waals surface area contributed by atoms with Gasteiger partial charge in [-0.15, -0.1) is 0 Å². The quantitative estimate of drug-likeness (QED) is 0.786. The zero-order valence-corrected chi connectivity index (χ0v) is 10.5. The maximum absolute atomic E-state index is 13.2. The molecule has 0 saturated heterocycles. The van der Waals surface area contributed by atoms with Crippen LogP contribution in [0.5, 0.6) is 0 Å². The van der Waals surface area contributed by atoms with Crippen molar-refractivity contribution in [2.75, 3.05) is 11.9 Å². The molecule has 0 aliphatic heterocycles. The van der Waals surface area contributed by atoms with Gasteiger partial charge in [0.15, 0.2) is 0 Å². The summed E-state index contributed by atoms with van der Waals surface area (Å²) in [6.45, 7) is 2.71. The molecule has 0 bridgehead atoms. The van der Waals surface area contributed by atoms with E-state index < -0.39 is 29.0 Å². The second kappa shape index (κ2) is 5.64. The third kappa shape index (κ3) is 4.20. The van der Waals surface area contributed by atoms with E-state index in [0.29, 0.717) is 0 Å². The van der Waals surface area contributed by atoms with Gasteiger partial charge in [0.1, 0.15) is 11.6 Å². The van der Waals surface area contributed by atoms with Crippen molar-refractivity contribution in [1.29, 1.82) is 0 Å². The number of carbonyl (C=O) groups excluding carboxylic acids is 1. The minimum absolute atomic E-state index is 0.148. The van der Waals surface area contributed by atoms with E-state index in [-0.39, 0.29) is 12.2 Å². The van der Waals surface area contributed by atoms with Crippen molar-refractivity contribution in [3.8, 4) is 0 Å². The van der Waals surface area contributed by atoms with Gasteiger partial charge in [-0.05, 0) is 26.0 Å². The monoisotopic (exact) mass is 272 g/mol. The second-order valence-corrected chi connectivity index (χ2v) is 4.62. The van der Waals surface area contributed by atoms with E-state index in [0.717, 1.165) is 18.2 Å². The van der Waals surface area contributed by atoms with Crippen LogP contribution in [0, 0.1) is 17.0 Å². The summed E-state index contributed by atoms with van der Waals surface area (Å²) in [6, 6.07) is 1.83. The largest absolute Gasteiger partial charge is 0.481 e. The molecule has 0 aliphatic carbocycles. The number of rotatable bonds is 4. The number of aliphatic carboxylic acids is 1. The number of anilines is 1. The van der Waals surface area contributed by atoms with Crippen LogP contribution in [0.4, 0.5) is 19.3 Å². The number of hydrogen-bond donors (Lipinski definition) is 3. The normalized spacial score (nSPS) is 10.9. The Morgan fingerprint density at radius 3 is 2.53 bits per heavy atom. The molecule has 0 saturated carbocycles. The highest BCUT2D eigenvalue weighted by atomic mass is 19.1. The van der Waals surface area contributed by atoms with Crippen molar-refractivity contribution in [2.45, 2.75) is 13.8 Å². The lowest BCUT2D eigenvalue weighted by Gasteiger charge is -2.19. The number of urea groups is 1. The summed E-state index contributed by atoms with van der Waals surface area (Å²) in [7, 11) is 0. The van der Waals surface area contributed by atoms with Crippen LogP contribution in [0.3, 0.4) is 0 Å². The maximum Gasteiger partial charge on any atom is 0.319 e. The molecule has 3 N–H and O–H groups in total. The molecular formula is C12H14F2N2O3. The van der Waals surface area contributed by atoms with E-state index >= 15 is 0 Å². The molecule has 0 aromatic heterocycles. The first-order valence-corrected chi connectivity index (χ1v) is 5.45. The van der Waals surface area contributed by atoms with Crippen LogP contribution < -0.4 is 10.6 Å². The van der Waals surface area contributed by atoms with Crippen molar-refractivity contribution in [3.63, 3.8) is 0 Å². The first-order valence-electron chi connectivity index (χ1n) is 5.45. The minimum atomic E-state index is -1.15. The predicted octanol–water partition coefficient (Wildman–Crippen LogP) is 2.20. The van der Waals surface area contributed by atoms with E-state index in [9.17, 15) is 18.4 Å². The predicted molar refractivity (Wildman–Crippen MR) is 64.8 cm³/mol. The van der Waals surface area contributed by atoms with Crippen molar-refractivity contribution in [2.24, 2.45) is 5.41 Å². The molecule has 0 heterocycles. The van der Waals surface area contributed by atoms with Crippen LogP contribution in [0.15, 0.2) is 18.2 Å². The van der Waals surface area contributed by atoms with Gasteiger partial charge >= 0.3 is 12.0 Å². The number of carbonyl (C=O) groups is 2. The smallest absolute Gasteiger partial charge is 0.319 e. The number of halogens is 2. The topological polar surface area (TPSA) is 78.4 Å². The fourth-order valence-corrected chi connectivity index (χ4v) is 1.14. The molecule has 5 nitrogen and oxygen atoms in total. The average molecular weight is 272 g/mol. The lowest BCUT2D eigenvalue weighted by Crippen LogP contribution is -2.40. The Hall–Kier alpha value is -2.18. The van der Waals surface area contributed by atoms with Crippen LogP contribution in [0.25, 0.3) is 0 Å². The van der Waals surface area contributed by atoms with Crippen molar-refractivity contribution in [1.82, 2.24) is 5.32 Å². The van der Waals surface area contributed by atoms with Gasteiger partial charge in [0.25, 0.3) is 0 Å². The summed E-state index contributed by atoms with van der Waals surface area (Å²) < 4.78 is 26.1. The first kappa shape index (κ1) is 14.9. The highest BCUT2D eigenvalue weighted by Crippen LogP contribution is 2.16. The number of amides is 2. The van der Waals surface area contributed by atoms with E-state index in [1.54, 1.807) is 0 Å². The molecule has 0 radical (unpaired) electrons. The van der Waals surface area contributed by atoms with Gasteiger partial charge in [-0.1, -0.05) is 0 Å². The molecular weight excluding hydrogens is 258 g/mol. The number of benzene rings is 1. The molecule has 7 heteroatoms. The third-order valence-electron chi connectivity index (χ3n) is 2.45. The van der Waals surface area contributed by atoms with Crippen molar-refractivity contribution >= 4 is 17.7 Å².